The first kappa shape index (κ1) is 12.7. The summed E-state index contributed by atoms with van der Waals surface area (Å²) in [6.45, 7) is 3.01. The summed E-state index contributed by atoms with van der Waals surface area (Å²) in [5, 5.41) is 13.1. The summed E-state index contributed by atoms with van der Waals surface area (Å²) in [5.74, 6) is 0.381. The Morgan fingerprint density at radius 3 is 2.39 bits per heavy atom. The van der Waals surface area contributed by atoms with E-state index in [1.54, 1.807) is 6.07 Å². The molecule has 18 heavy (non-hydrogen) atoms. The number of phenolic OH excluding ortho intramolecular Hbond substituents is 1. The summed E-state index contributed by atoms with van der Waals surface area (Å²) in [6.07, 6.45) is 0.837. The fraction of sp³-hybridized carbons (Fsp3) is 0.250. The van der Waals surface area contributed by atoms with Gasteiger partial charge in [0.05, 0.1) is 0 Å². The molecule has 2 N–H and O–H groups in total. The van der Waals surface area contributed by atoms with Gasteiger partial charge >= 0.3 is 0 Å². The zero-order valence-electron chi connectivity index (χ0n) is 10.6. The summed E-state index contributed by atoms with van der Waals surface area (Å²) in [7, 11) is 0. The van der Waals surface area contributed by atoms with Crippen LogP contribution in [-0.4, -0.2) is 11.7 Å². The average Bonchev–Trinajstić information content (AvgIpc) is 2.42. The fourth-order valence-electron chi connectivity index (χ4n) is 2.01. The largest absolute Gasteiger partial charge is 0.508 e. The van der Waals surface area contributed by atoms with E-state index >= 15 is 0 Å². The number of benzene rings is 2. The van der Waals surface area contributed by atoms with Gasteiger partial charge in [-0.25, -0.2) is 0 Å². The van der Waals surface area contributed by atoms with E-state index in [0.717, 1.165) is 18.5 Å². The third-order valence-electron chi connectivity index (χ3n) is 3.14. The molecule has 2 aromatic carbocycles. The summed E-state index contributed by atoms with van der Waals surface area (Å²) in [6, 6.07) is 18.2. The van der Waals surface area contributed by atoms with Gasteiger partial charge in [-0.15, -0.1) is 0 Å². The minimum atomic E-state index is 0.331. The van der Waals surface area contributed by atoms with Gasteiger partial charge in [-0.2, -0.15) is 0 Å². The highest BCUT2D eigenvalue weighted by molar-refractivity contribution is 5.31. The lowest BCUT2D eigenvalue weighted by atomic mass is 10.1. The van der Waals surface area contributed by atoms with E-state index in [0.29, 0.717) is 11.8 Å². The maximum Gasteiger partial charge on any atom is 0.118 e. The zero-order chi connectivity index (χ0) is 12.8. The van der Waals surface area contributed by atoms with E-state index in [1.807, 2.05) is 24.3 Å². The molecule has 2 aromatic rings. The molecule has 0 aromatic heterocycles. The van der Waals surface area contributed by atoms with Gasteiger partial charge < -0.3 is 10.4 Å². The van der Waals surface area contributed by atoms with Gasteiger partial charge in [0, 0.05) is 6.04 Å². The maximum atomic E-state index is 9.67. The Bertz CT molecular complexity index is 481. The van der Waals surface area contributed by atoms with E-state index in [9.17, 15) is 5.11 Å². The van der Waals surface area contributed by atoms with Gasteiger partial charge in [0.25, 0.3) is 0 Å². The van der Waals surface area contributed by atoms with E-state index in [4.69, 9.17) is 0 Å². The smallest absolute Gasteiger partial charge is 0.118 e. The van der Waals surface area contributed by atoms with Gasteiger partial charge in [0.15, 0.2) is 0 Å². The lowest BCUT2D eigenvalue weighted by molar-refractivity contribution is 0.465. The van der Waals surface area contributed by atoms with Crippen molar-refractivity contribution in [2.24, 2.45) is 0 Å². The Labute approximate surface area is 108 Å². The molecular formula is C16H19NO. The lowest BCUT2D eigenvalue weighted by Gasteiger charge is -2.14. The fourth-order valence-corrected chi connectivity index (χ4v) is 2.01. The topological polar surface area (TPSA) is 32.3 Å². The van der Waals surface area contributed by atoms with Crippen molar-refractivity contribution in [3.63, 3.8) is 0 Å². The van der Waals surface area contributed by atoms with Crippen molar-refractivity contribution in [3.8, 4) is 5.75 Å². The normalized spacial score (nSPS) is 12.3. The van der Waals surface area contributed by atoms with Crippen LogP contribution in [0.5, 0.6) is 5.75 Å². The molecule has 2 rings (SSSR count). The van der Waals surface area contributed by atoms with E-state index in [-0.39, 0.29) is 0 Å². The number of rotatable bonds is 5. The minimum absolute atomic E-state index is 0.331. The van der Waals surface area contributed by atoms with Crippen molar-refractivity contribution in [1.29, 1.82) is 0 Å². The average molecular weight is 241 g/mol. The number of hydrogen-bond acceptors (Lipinski definition) is 2. The first-order valence-electron chi connectivity index (χ1n) is 6.32. The van der Waals surface area contributed by atoms with Crippen molar-refractivity contribution in [2.45, 2.75) is 19.4 Å². The number of nitrogens with one attached hydrogen (secondary N) is 1. The second-order valence-corrected chi connectivity index (χ2v) is 4.47. The Hall–Kier alpha value is -1.80. The SMILES string of the molecule is C[C@H](NCCc1ccccc1O)c1ccccc1. The van der Waals surface area contributed by atoms with Crippen LogP contribution in [0.4, 0.5) is 0 Å². The Morgan fingerprint density at radius 1 is 1.00 bits per heavy atom. The molecule has 0 amide bonds. The second kappa shape index (κ2) is 6.22. The highest BCUT2D eigenvalue weighted by Crippen LogP contribution is 2.16. The van der Waals surface area contributed by atoms with Crippen LogP contribution in [0.25, 0.3) is 0 Å². The molecule has 0 saturated heterocycles. The Balaban J connectivity index is 1.84. The zero-order valence-corrected chi connectivity index (χ0v) is 10.6. The maximum absolute atomic E-state index is 9.67. The molecule has 0 saturated carbocycles. The quantitative estimate of drug-likeness (QED) is 0.842. The van der Waals surface area contributed by atoms with E-state index in [2.05, 4.69) is 36.5 Å². The summed E-state index contributed by atoms with van der Waals surface area (Å²) >= 11 is 0. The molecule has 0 unspecified atom stereocenters. The van der Waals surface area contributed by atoms with E-state index < -0.39 is 0 Å². The predicted molar refractivity (Wildman–Crippen MR) is 74.7 cm³/mol. The van der Waals surface area contributed by atoms with Crippen LogP contribution in [0.15, 0.2) is 54.6 Å². The molecule has 2 nitrogen and oxygen atoms in total. The molecule has 1 atom stereocenters. The first-order chi connectivity index (χ1) is 8.77. The highest BCUT2D eigenvalue weighted by atomic mass is 16.3. The Kier molecular flexibility index (Phi) is 4.37. The monoisotopic (exact) mass is 241 g/mol. The van der Waals surface area contributed by atoms with Crippen molar-refractivity contribution in [3.05, 3.63) is 65.7 Å². The highest BCUT2D eigenvalue weighted by Gasteiger charge is 2.04. The van der Waals surface area contributed by atoms with Crippen molar-refractivity contribution < 1.29 is 5.11 Å². The summed E-state index contributed by atoms with van der Waals surface area (Å²) in [4.78, 5) is 0. The predicted octanol–water partition coefficient (Wildman–Crippen LogP) is 3.29. The van der Waals surface area contributed by atoms with Crippen LogP contribution >= 0.6 is 0 Å². The van der Waals surface area contributed by atoms with Crippen molar-refractivity contribution in [1.82, 2.24) is 5.32 Å². The standard InChI is InChI=1S/C16H19NO/c1-13(14-7-3-2-4-8-14)17-12-11-15-9-5-6-10-16(15)18/h2-10,13,17-18H,11-12H2,1H3/t13-/m0/s1. The molecule has 0 aliphatic carbocycles. The van der Waals surface area contributed by atoms with Crippen molar-refractivity contribution >= 4 is 0 Å². The van der Waals surface area contributed by atoms with Gasteiger partial charge in [0.2, 0.25) is 0 Å². The van der Waals surface area contributed by atoms with E-state index in [1.165, 1.54) is 5.56 Å². The summed E-state index contributed by atoms with van der Waals surface area (Å²) in [5.41, 5.74) is 2.28. The van der Waals surface area contributed by atoms with Gasteiger partial charge in [-0.3, -0.25) is 0 Å². The Morgan fingerprint density at radius 2 is 1.67 bits per heavy atom. The van der Waals surface area contributed by atoms with Crippen LogP contribution in [-0.2, 0) is 6.42 Å². The number of hydrogen-bond donors (Lipinski definition) is 2. The molecule has 0 aliphatic heterocycles. The second-order valence-electron chi connectivity index (χ2n) is 4.47. The van der Waals surface area contributed by atoms with Gasteiger partial charge in [-0.1, -0.05) is 48.5 Å². The number of aromatic hydroxyl groups is 1. The third kappa shape index (κ3) is 3.34. The minimum Gasteiger partial charge on any atom is -0.508 e. The first-order valence-corrected chi connectivity index (χ1v) is 6.32. The third-order valence-corrected chi connectivity index (χ3v) is 3.14. The molecule has 0 bridgehead atoms. The molecule has 2 heteroatoms. The molecule has 0 spiro atoms. The molecule has 0 fully saturated rings. The lowest BCUT2D eigenvalue weighted by Crippen LogP contribution is -2.21. The molecule has 0 radical (unpaired) electrons. The van der Waals surface area contributed by atoms with Crippen LogP contribution in [0, 0.1) is 0 Å². The van der Waals surface area contributed by atoms with Crippen LogP contribution in [0.1, 0.15) is 24.1 Å². The van der Waals surface area contributed by atoms with Crippen molar-refractivity contribution in [2.75, 3.05) is 6.54 Å². The van der Waals surface area contributed by atoms with Crippen LogP contribution < -0.4 is 5.32 Å². The molecule has 0 heterocycles. The summed E-state index contributed by atoms with van der Waals surface area (Å²) < 4.78 is 0. The number of para-hydroxylation sites is 1. The number of phenols is 1. The van der Waals surface area contributed by atoms with Crippen LogP contribution in [0.2, 0.25) is 0 Å². The van der Waals surface area contributed by atoms with Gasteiger partial charge in [0.1, 0.15) is 5.75 Å². The molecular weight excluding hydrogens is 222 g/mol. The van der Waals surface area contributed by atoms with Gasteiger partial charge in [-0.05, 0) is 37.1 Å². The molecule has 94 valence electrons. The molecule has 0 aliphatic rings. The van der Waals surface area contributed by atoms with Crippen LogP contribution in [0.3, 0.4) is 0 Å².